The largest absolute Gasteiger partial charge is 0.313 e. The Morgan fingerprint density at radius 2 is 2.12 bits per heavy atom. The molecule has 0 aromatic heterocycles. The number of hydrogen-bond donors (Lipinski definition) is 1. The van der Waals surface area contributed by atoms with Gasteiger partial charge in [0.15, 0.2) is 0 Å². The molecule has 0 aliphatic heterocycles. The van der Waals surface area contributed by atoms with E-state index in [1.165, 1.54) is 24.8 Å². The summed E-state index contributed by atoms with van der Waals surface area (Å²) in [6.07, 6.45) is 6.23. The van der Waals surface area contributed by atoms with E-state index in [1.54, 1.807) is 11.1 Å². The van der Waals surface area contributed by atoms with Crippen LogP contribution in [0.4, 0.5) is 0 Å². The Kier molecular flexibility index (Phi) is 4.01. The molecule has 0 saturated heterocycles. The highest BCUT2D eigenvalue weighted by Crippen LogP contribution is 2.34. The maximum atomic E-state index is 3.47. The van der Waals surface area contributed by atoms with Crippen LogP contribution in [0.2, 0.25) is 0 Å². The number of nitrogens with one attached hydrogen (secondary N) is 1. The van der Waals surface area contributed by atoms with Crippen LogP contribution in [-0.2, 0) is 6.42 Å². The molecule has 0 heterocycles. The van der Waals surface area contributed by atoms with Gasteiger partial charge in [-0.25, -0.2) is 0 Å². The zero-order valence-electron chi connectivity index (χ0n) is 11.2. The summed E-state index contributed by atoms with van der Waals surface area (Å²) in [5.41, 5.74) is 4.49. The molecule has 0 saturated carbocycles. The van der Waals surface area contributed by atoms with Crippen LogP contribution in [0.3, 0.4) is 0 Å². The van der Waals surface area contributed by atoms with Gasteiger partial charge in [-0.3, -0.25) is 0 Å². The van der Waals surface area contributed by atoms with E-state index >= 15 is 0 Å². The number of allylic oxidation sites excluding steroid dienone is 1. The molecule has 17 heavy (non-hydrogen) atoms. The molecule has 1 N–H and O–H groups in total. The van der Waals surface area contributed by atoms with Crippen molar-refractivity contribution in [3.8, 4) is 0 Å². The lowest BCUT2D eigenvalue weighted by Crippen LogP contribution is -2.32. The van der Waals surface area contributed by atoms with Gasteiger partial charge in [-0.2, -0.15) is 0 Å². The summed E-state index contributed by atoms with van der Waals surface area (Å²) in [6.45, 7) is 4.36. The van der Waals surface area contributed by atoms with Crippen molar-refractivity contribution in [2.45, 2.75) is 45.1 Å². The minimum atomic E-state index is 0.474. The van der Waals surface area contributed by atoms with Gasteiger partial charge in [-0.15, -0.1) is 0 Å². The van der Waals surface area contributed by atoms with Crippen molar-refractivity contribution in [3.05, 3.63) is 47.0 Å². The van der Waals surface area contributed by atoms with E-state index in [-0.39, 0.29) is 0 Å². The fraction of sp³-hybridized carbons (Fsp3) is 0.500. The van der Waals surface area contributed by atoms with Gasteiger partial charge in [0.1, 0.15) is 0 Å². The van der Waals surface area contributed by atoms with Crippen molar-refractivity contribution < 1.29 is 0 Å². The van der Waals surface area contributed by atoms with Gasteiger partial charge in [0, 0.05) is 12.0 Å². The van der Waals surface area contributed by atoms with Crippen molar-refractivity contribution >= 4 is 0 Å². The van der Waals surface area contributed by atoms with E-state index < -0.39 is 0 Å². The average Bonchev–Trinajstić information content (AvgIpc) is 2.35. The third kappa shape index (κ3) is 2.78. The predicted octanol–water partition coefficient (Wildman–Crippen LogP) is 3.66. The van der Waals surface area contributed by atoms with Crippen molar-refractivity contribution in [1.82, 2.24) is 5.32 Å². The molecule has 2 unspecified atom stereocenters. The number of hydrogen-bond acceptors (Lipinski definition) is 1. The normalized spacial score (nSPS) is 20.5. The van der Waals surface area contributed by atoms with Crippen LogP contribution in [0.5, 0.6) is 0 Å². The summed E-state index contributed by atoms with van der Waals surface area (Å²) in [7, 11) is 2.07. The Balaban J connectivity index is 2.31. The maximum Gasteiger partial charge on any atom is 0.0318 e. The fourth-order valence-electron chi connectivity index (χ4n) is 2.92. The third-order valence-corrected chi connectivity index (χ3v) is 3.70. The van der Waals surface area contributed by atoms with Gasteiger partial charge in [-0.1, -0.05) is 35.9 Å². The molecule has 2 rings (SSSR count). The molecule has 1 aromatic carbocycles. The van der Waals surface area contributed by atoms with Crippen LogP contribution in [0.15, 0.2) is 35.9 Å². The second-order valence-electron chi connectivity index (χ2n) is 5.26. The van der Waals surface area contributed by atoms with E-state index in [0.29, 0.717) is 12.0 Å². The van der Waals surface area contributed by atoms with Gasteiger partial charge >= 0.3 is 0 Å². The zero-order valence-corrected chi connectivity index (χ0v) is 11.2. The molecule has 1 nitrogen and oxygen atoms in total. The van der Waals surface area contributed by atoms with E-state index in [2.05, 4.69) is 56.6 Å². The standard InChI is InChI=1S/C16H23N/c1-12(2)11-16(17-3)15-10-6-8-13-7-4-5-9-14(13)15/h4-5,7,9,11,15-17H,6,8,10H2,1-3H3. The molecule has 1 aromatic rings. The Hall–Kier alpha value is -1.08. The Bertz CT molecular complexity index is 402. The van der Waals surface area contributed by atoms with Crippen molar-refractivity contribution in [2.24, 2.45) is 0 Å². The maximum absolute atomic E-state index is 3.47. The Morgan fingerprint density at radius 1 is 1.35 bits per heavy atom. The van der Waals surface area contributed by atoms with Gasteiger partial charge in [0.2, 0.25) is 0 Å². The lowest BCUT2D eigenvalue weighted by molar-refractivity contribution is 0.465. The molecule has 0 bridgehead atoms. The second-order valence-corrected chi connectivity index (χ2v) is 5.26. The zero-order chi connectivity index (χ0) is 12.3. The second kappa shape index (κ2) is 5.50. The van der Waals surface area contributed by atoms with Gasteiger partial charge in [-0.05, 0) is 51.3 Å². The van der Waals surface area contributed by atoms with Crippen LogP contribution >= 0.6 is 0 Å². The molecule has 0 amide bonds. The molecule has 1 heteroatoms. The molecule has 1 aliphatic carbocycles. The van der Waals surface area contributed by atoms with Gasteiger partial charge < -0.3 is 5.32 Å². The Morgan fingerprint density at radius 3 is 2.82 bits per heavy atom. The first-order chi connectivity index (χ1) is 8.22. The van der Waals surface area contributed by atoms with Gasteiger partial charge in [0.05, 0.1) is 0 Å². The predicted molar refractivity (Wildman–Crippen MR) is 74.4 cm³/mol. The number of fused-ring (bicyclic) bond motifs is 1. The third-order valence-electron chi connectivity index (χ3n) is 3.70. The number of aryl methyl sites for hydroxylation is 1. The van der Waals surface area contributed by atoms with Crippen LogP contribution < -0.4 is 5.32 Å². The molecule has 1 aliphatic rings. The van der Waals surface area contributed by atoms with E-state index in [4.69, 9.17) is 0 Å². The highest BCUT2D eigenvalue weighted by atomic mass is 14.9. The van der Waals surface area contributed by atoms with E-state index in [1.807, 2.05) is 0 Å². The Labute approximate surface area is 105 Å². The highest BCUT2D eigenvalue weighted by Gasteiger charge is 2.25. The van der Waals surface area contributed by atoms with Crippen LogP contribution in [-0.4, -0.2) is 13.1 Å². The first kappa shape index (κ1) is 12.4. The molecule has 0 radical (unpaired) electrons. The first-order valence-electron chi connectivity index (χ1n) is 6.62. The summed E-state index contributed by atoms with van der Waals surface area (Å²) >= 11 is 0. The van der Waals surface area contributed by atoms with Crippen molar-refractivity contribution in [2.75, 3.05) is 7.05 Å². The lowest BCUT2D eigenvalue weighted by atomic mass is 9.78. The van der Waals surface area contributed by atoms with E-state index in [9.17, 15) is 0 Å². The summed E-state index contributed by atoms with van der Waals surface area (Å²) in [5, 5.41) is 3.47. The fourth-order valence-corrected chi connectivity index (χ4v) is 2.92. The summed E-state index contributed by atoms with van der Waals surface area (Å²) in [6, 6.07) is 9.41. The summed E-state index contributed by atoms with van der Waals surface area (Å²) in [5.74, 6) is 0.639. The van der Waals surface area contributed by atoms with Crippen LogP contribution in [0.1, 0.15) is 43.7 Å². The number of rotatable bonds is 3. The lowest BCUT2D eigenvalue weighted by Gasteiger charge is -2.31. The van der Waals surface area contributed by atoms with Crippen LogP contribution in [0.25, 0.3) is 0 Å². The molecule has 92 valence electrons. The van der Waals surface area contributed by atoms with Crippen LogP contribution in [0, 0.1) is 0 Å². The van der Waals surface area contributed by atoms with E-state index in [0.717, 1.165) is 0 Å². The number of likely N-dealkylation sites (N-methyl/N-ethyl adjacent to an activating group) is 1. The SMILES string of the molecule is CNC(C=C(C)C)C1CCCc2ccccc21. The first-order valence-corrected chi connectivity index (χ1v) is 6.62. The minimum Gasteiger partial charge on any atom is -0.313 e. The monoisotopic (exact) mass is 229 g/mol. The average molecular weight is 229 g/mol. The quantitative estimate of drug-likeness (QED) is 0.780. The smallest absolute Gasteiger partial charge is 0.0318 e. The van der Waals surface area contributed by atoms with Crippen molar-refractivity contribution in [1.29, 1.82) is 0 Å². The molecule has 2 atom stereocenters. The molecule has 0 fully saturated rings. The summed E-state index contributed by atoms with van der Waals surface area (Å²) < 4.78 is 0. The summed E-state index contributed by atoms with van der Waals surface area (Å²) in [4.78, 5) is 0. The molecular weight excluding hydrogens is 206 g/mol. The highest BCUT2D eigenvalue weighted by molar-refractivity contribution is 5.35. The number of benzene rings is 1. The molecular formula is C16H23N. The molecule has 0 spiro atoms. The minimum absolute atomic E-state index is 0.474. The van der Waals surface area contributed by atoms with Crippen molar-refractivity contribution in [3.63, 3.8) is 0 Å². The topological polar surface area (TPSA) is 12.0 Å². The van der Waals surface area contributed by atoms with Gasteiger partial charge in [0.25, 0.3) is 0 Å².